The minimum atomic E-state index is -0.413. The number of likely N-dealkylation sites (N-methyl/N-ethyl adjacent to an activating group) is 1. The molecule has 1 unspecified atom stereocenters. The van der Waals surface area contributed by atoms with Crippen molar-refractivity contribution in [1.29, 1.82) is 0 Å². The molecule has 0 aromatic heterocycles. The summed E-state index contributed by atoms with van der Waals surface area (Å²) in [4.78, 5) is 2.15. The summed E-state index contributed by atoms with van der Waals surface area (Å²) in [6.45, 7) is 9.53. The molecule has 0 aliphatic heterocycles. The molecule has 92 valence electrons. The molecule has 0 spiro atoms. The van der Waals surface area contributed by atoms with Crippen molar-refractivity contribution in [1.82, 2.24) is 4.90 Å². The molecule has 15 heavy (non-hydrogen) atoms. The van der Waals surface area contributed by atoms with E-state index in [2.05, 4.69) is 11.8 Å². The first kappa shape index (κ1) is 14.8. The molecular weight excluding hydrogens is 194 g/mol. The summed E-state index contributed by atoms with van der Waals surface area (Å²) in [6, 6.07) is 0. The van der Waals surface area contributed by atoms with E-state index in [1.807, 2.05) is 13.8 Å². The average molecular weight is 219 g/mol. The molecule has 0 heterocycles. The fourth-order valence-corrected chi connectivity index (χ4v) is 1.25. The van der Waals surface area contributed by atoms with Crippen molar-refractivity contribution in [2.45, 2.75) is 33.0 Å². The van der Waals surface area contributed by atoms with Gasteiger partial charge in [-0.05, 0) is 20.4 Å². The van der Waals surface area contributed by atoms with Gasteiger partial charge >= 0.3 is 0 Å². The molecule has 0 radical (unpaired) electrons. The zero-order valence-electron chi connectivity index (χ0n) is 10.4. The van der Waals surface area contributed by atoms with Gasteiger partial charge in [-0.15, -0.1) is 0 Å². The van der Waals surface area contributed by atoms with Crippen LogP contribution in [-0.2, 0) is 9.47 Å². The minimum Gasteiger partial charge on any atom is -0.389 e. The summed E-state index contributed by atoms with van der Waals surface area (Å²) in [7, 11) is 1.69. The number of hydrogen-bond acceptors (Lipinski definition) is 4. The highest BCUT2D eigenvalue weighted by atomic mass is 16.5. The second-order valence-corrected chi connectivity index (χ2v) is 3.92. The van der Waals surface area contributed by atoms with Crippen LogP contribution >= 0.6 is 0 Å². The molecule has 0 aliphatic rings. The van der Waals surface area contributed by atoms with Gasteiger partial charge in [0.25, 0.3) is 0 Å². The van der Waals surface area contributed by atoms with Crippen molar-refractivity contribution in [3.8, 4) is 0 Å². The fourth-order valence-electron chi connectivity index (χ4n) is 1.25. The van der Waals surface area contributed by atoms with Gasteiger partial charge in [0, 0.05) is 20.2 Å². The highest BCUT2D eigenvalue weighted by Crippen LogP contribution is 1.96. The molecule has 0 rings (SSSR count). The predicted molar refractivity (Wildman–Crippen MR) is 61.1 cm³/mol. The highest BCUT2D eigenvalue weighted by molar-refractivity contribution is 4.63. The number of hydrogen-bond donors (Lipinski definition) is 1. The maximum atomic E-state index is 9.69. The van der Waals surface area contributed by atoms with Crippen LogP contribution in [0.5, 0.6) is 0 Å². The monoisotopic (exact) mass is 219 g/mol. The van der Waals surface area contributed by atoms with Crippen LogP contribution < -0.4 is 0 Å². The van der Waals surface area contributed by atoms with Crippen LogP contribution in [0.15, 0.2) is 0 Å². The Kier molecular flexibility index (Phi) is 9.00. The molecule has 0 saturated carbocycles. The number of aliphatic hydroxyl groups is 1. The number of ether oxygens (including phenoxy) is 2. The van der Waals surface area contributed by atoms with Crippen molar-refractivity contribution >= 4 is 0 Å². The van der Waals surface area contributed by atoms with Gasteiger partial charge in [0.1, 0.15) is 0 Å². The summed E-state index contributed by atoms with van der Waals surface area (Å²) in [5.74, 6) is 0. The lowest BCUT2D eigenvalue weighted by Crippen LogP contribution is -2.37. The van der Waals surface area contributed by atoms with Gasteiger partial charge in [-0.25, -0.2) is 0 Å². The van der Waals surface area contributed by atoms with Crippen molar-refractivity contribution in [2.75, 3.05) is 40.0 Å². The van der Waals surface area contributed by atoms with Crippen molar-refractivity contribution in [3.05, 3.63) is 0 Å². The number of nitrogens with zero attached hydrogens (tertiary/aromatic N) is 1. The first-order valence-corrected chi connectivity index (χ1v) is 5.61. The molecule has 1 atom stereocenters. The third-order valence-electron chi connectivity index (χ3n) is 2.15. The third-order valence-corrected chi connectivity index (χ3v) is 2.15. The molecular formula is C11H25NO3. The Bertz CT molecular complexity index is 142. The molecule has 0 aromatic rings. The minimum absolute atomic E-state index is 0.175. The van der Waals surface area contributed by atoms with Crippen LogP contribution in [0.2, 0.25) is 0 Å². The zero-order valence-corrected chi connectivity index (χ0v) is 10.4. The normalized spacial score (nSPS) is 13.8. The van der Waals surface area contributed by atoms with Crippen molar-refractivity contribution in [2.24, 2.45) is 0 Å². The van der Waals surface area contributed by atoms with Crippen LogP contribution in [0.25, 0.3) is 0 Å². The Morgan fingerprint density at radius 1 is 1.33 bits per heavy atom. The first-order chi connectivity index (χ1) is 7.10. The third kappa shape index (κ3) is 8.81. The van der Waals surface area contributed by atoms with Gasteiger partial charge < -0.3 is 14.6 Å². The number of rotatable bonds is 9. The highest BCUT2D eigenvalue weighted by Gasteiger charge is 2.10. The summed E-state index contributed by atoms with van der Waals surface area (Å²) in [5.41, 5.74) is 0. The van der Waals surface area contributed by atoms with Gasteiger partial charge in [-0.1, -0.05) is 6.92 Å². The van der Waals surface area contributed by atoms with E-state index in [9.17, 15) is 5.11 Å². The molecule has 0 aliphatic carbocycles. The average Bonchev–Trinajstić information content (AvgIpc) is 2.21. The molecule has 1 N–H and O–H groups in total. The number of methoxy groups -OCH3 is 1. The summed E-state index contributed by atoms with van der Waals surface area (Å²) in [5, 5.41) is 9.69. The summed E-state index contributed by atoms with van der Waals surface area (Å²) < 4.78 is 10.3. The standard InChI is InChI=1S/C11H25NO3/c1-5-12(6-7-14-4)8-11(13)9-15-10(2)3/h10-11,13H,5-9H2,1-4H3. The molecule has 0 fully saturated rings. The van der Waals surface area contributed by atoms with Crippen molar-refractivity contribution < 1.29 is 14.6 Å². The van der Waals surface area contributed by atoms with Crippen LogP contribution in [0.4, 0.5) is 0 Å². The quantitative estimate of drug-likeness (QED) is 0.621. The Morgan fingerprint density at radius 3 is 2.47 bits per heavy atom. The van der Waals surface area contributed by atoms with Crippen LogP contribution in [0, 0.1) is 0 Å². The largest absolute Gasteiger partial charge is 0.389 e. The van der Waals surface area contributed by atoms with Crippen molar-refractivity contribution in [3.63, 3.8) is 0 Å². The van der Waals surface area contributed by atoms with Crippen LogP contribution in [-0.4, -0.2) is 62.2 Å². The molecule has 4 heteroatoms. The second kappa shape index (κ2) is 9.09. The van der Waals surface area contributed by atoms with E-state index in [0.717, 1.165) is 13.1 Å². The Labute approximate surface area is 93.2 Å². The summed E-state index contributed by atoms with van der Waals surface area (Å²) >= 11 is 0. The van der Waals surface area contributed by atoms with Gasteiger partial charge in [0.05, 0.1) is 25.4 Å². The van der Waals surface area contributed by atoms with E-state index in [-0.39, 0.29) is 6.10 Å². The second-order valence-electron chi connectivity index (χ2n) is 3.92. The maximum absolute atomic E-state index is 9.69. The molecule has 4 nitrogen and oxygen atoms in total. The predicted octanol–water partition coefficient (Wildman–Crippen LogP) is 0.741. The topological polar surface area (TPSA) is 41.9 Å². The fraction of sp³-hybridized carbons (Fsp3) is 1.00. The Hall–Kier alpha value is -0.160. The molecule has 0 bridgehead atoms. The lowest BCUT2D eigenvalue weighted by Gasteiger charge is -2.23. The SMILES string of the molecule is CCN(CCOC)CC(O)COC(C)C. The lowest BCUT2D eigenvalue weighted by molar-refractivity contribution is -0.0102. The van der Waals surface area contributed by atoms with Gasteiger partial charge in [0.15, 0.2) is 0 Å². The van der Waals surface area contributed by atoms with E-state index < -0.39 is 6.10 Å². The van der Waals surface area contributed by atoms with E-state index >= 15 is 0 Å². The first-order valence-electron chi connectivity index (χ1n) is 5.61. The van der Waals surface area contributed by atoms with E-state index in [1.165, 1.54) is 0 Å². The Balaban J connectivity index is 3.64. The zero-order chi connectivity index (χ0) is 11.7. The van der Waals surface area contributed by atoms with E-state index in [0.29, 0.717) is 19.8 Å². The van der Waals surface area contributed by atoms with Crippen LogP contribution in [0.3, 0.4) is 0 Å². The summed E-state index contributed by atoms with van der Waals surface area (Å²) in [6.07, 6.45) is -0.238. The Morgan fingerprint density at radius 2 is 2.00 bits per heavy atom. The van der Waals surface area contributed by atoms with Gasteiger partial charge in [0.2, 0.25) is 0 Å². The maximum Gasteiger partial charge on any atom is 0.0900 e. The molecule has 0 saturated heterocycles. The van der Waals surface area contributed by atoms with Gasteiger partial charge in [-0.2, -0.15) is 0 Å². The smallest absolute Gasteiger partial charge is 0.0900 e. The molecule has 0 amide bonds. The van der Waals surface area contributed by atoms with E-state index in [4.69, 9.17) is 9.47 Å². The lowest BCUT2D eigenvalue weighted by atomic mass is 10.3. The molecule has 0 aromatic carbocycles. The van der Waals surface area contributed by atoms with E-state index in [1.54, 1.807) is 7.11 Å². The van der Waals surface area contributed by atoms with Gasteiger partial charge in [-0.3, -0.25) is 4.90 Å². The number of aliphatic hydroxyl groups excluding tert-OH is 1. The van der Waals surface area contributed by atoms with Crippen LogP contribution in [0.1, 0.15) is 20.8 Å².